The molecule has 0 unspecified atom stereocenters. The van der Waals surface area contributed by atoms with E-state index in [4.69, 9.17) is 14.2 Å². The summed E-state index contributed by atoms with van der Waals surface area (Å²) >= 11 is 0. The minimum absolute atomic E-state index is 0.0635. The Hall–Kier alpha value is -1.59. The average Bonchev–Trinajstić information content (AvgIpc) is 3.20. The standard InChI is InChI=1S/C53H102O6/c1-6-7-8-9-10-11-16-23-28-33-38-43-51(54)57-46-50(47-58-52(55)44-39-34-29-24-20-15-18-22-27-32-37-42-49(4)5)59-53(56)45-40-35-30-25-19-14-12-13-17-21-26-31-36-41-48(2)3/h48-50H,6-47H2,1-5H3/t50-/m1/s1. The van der Waals surface area contributed by atoms with Gasteiger partial charge in [0.2, 0.25) is 0 Å². The molecule has 0 bridgehead atoms. The molecule has 0 aromatic heterocycles. The third-order valence-corrected chi connectivity index (χ3v) is 12.0. The molecule has 0 saturated heterocycles. The van der Waals surface area contributed by atoms with Crippen molar-refractivity contribution in [3.05, 3.63) is 0 Å². The second-order valence-corrected chi connectivity index (χ2v) is 19.1. The van der Waals surface area contributed by atoms with Crippen molar-refractivity contribution in [3.63, 3.8) is 0 Å². The van der Waals surface area contributed by atoms with Crippen molar-refractivity contribution in [2.45, 2.75) is 298 Å². The first-order valence-electron chi connectivity index (χ1n) is 26.2. The Labute approximate surface area is 368 Å². The quantitative estimate of drug-likeness (QED) is 0.0345. The summed E-state index contributed by atoms with van der Waals surface area (Å²) in [4.78, 5) is 37.9. The lowest BCUT2D eigenvalue weighted by Gasteiger charge is -2.18. The number of hydrogen-bond acceptors (Lipinski definition) is 6. The van der Waals surface area contributed by atoms with E-state index in [9.17, 15) is 14.4 Å². The molecule has 0 aliphatic carbocycles. The van der Waals surface area contributed by atoms with Crippen LogP contribution in [-0.2, 0) is 28.6 Å². The Morgan fingerprint density at radius 3 is 0.831 bits per heavy atom. The minimum Gasteiger partial charge on any atom is -0.462 e. The van der Waals surface area contributed by atoms with Crippen LogP contribution in [0.5, 0.6) is 0 Å². The molecule has 0 aromatic carbocycles. The molecule has 0 saturated carbocycles. The topological polar surface area (TPSA) is 78.9 Å². The van der Waals surface area contributed by atoms with Crippen LogP contribution in [-0.4, -0.2) is 37.2 Å². The van der Waals surface area contributed by atoms with Crippen molar-refractivity contribution in [2.24, 2.45) is 11.8 Å². The van der Waals surface area contributed by atoms with Gasteiger partial charge in [-0.2, -0.15) is 0 Å². The van der Waals surface area contributed by atoms with E-state index in [2.05, 4.69) is 34.6 Å². The molecule has 1 atom stereocenters. The van der Waals surface area contributed by atoms with E-state index in [1.165, 1.54) is 180 Å². The van der Waals surface area contributed by atoms with Crippen LogP contribution in [0.2, 0.25) is 0 Å². The molecular formula is C53H102O6. The van der Waals surface area contributed by atoms with Gasteiger partial charge in [0.25, 0.3) is 0 Å². The van der Waals surface area contributed by atoms with Crippen molar-refractivity contribution in [1.29, 1.82) is 0 Å². The molecule has 0 rings (SSSR count). The normalized spacial score (nSPS) is 12.1. The summed E-state index contributed by atoms with van der Waals surface area (Å²) in [6.07, 6.45) is 46.6. The van der Waals surface area contributed by atoms with Gasteiger partial charge in [0.1, 0.15) is 13.2 Å². The Kier molecular flexibility index (Phi) is 44.7. The molecule has 0 aliphatic heterocycles. The van der Waals surface area contributed by atoms with Crippen molar-refractivity contribution < 1.29 is 28.6 Å². The predicted molar refractivity (Wildman–Crippen MR) is 252 cm³/mol. The SMILES string of the molecule is CCCCCCCCCCCCCC(=O)OC[C@H](COC(=O)CCCCCCCCCCCCCC(C)C)OC(=O)CCCCCCCCCCCCCCCC(C)C. The van der Waals surface area contributed by atoms with Gasteiger partial charge in [0.15, 0.2) is 6.10 Å². The molecule has 0 N–H and O–H groups in total. The van der Waals surface area contributed by atoms with Crippen LogP contribution in [0.1, 0.15) is 291 Å². The Morgan fingerprint density at radius 2 is 0.559 bits per heavy atom. The molecule has 0 fully saturated rings. The molecule has 0 radical (unpaired) electrons. The molecular weight excluding hydrogens is 733 g/mol. The molecule has 6 nitrogen and oxygen atoms in total. The number of ether oxygens (including phenoxy) is 3. The highest BCUT2D eigenvalue weighted by molar-refractivity contribution is 5.71. The van der Waals surface area contributed by atoms with E-state index in [-0.39, 0.29) is 31.1 Å². The van der Waals surface area contributed by atoms with Crippen LogP contribution in [0.3, 0.4) is 0 Å². The Morgan fingerprint density at radius 1 is 0.322 bits per heavy atom. The van der Waals surface area contributed by atoms with Gasteiger partial charge >= 0.3 is 17.9 Å². The van der Waals surface area contributed by atoms with Crippen LogP contribution in [0, 0.1) is 11.8 Å². The van der Waals surface area contributed by atoms with Crippen LogP contribution < -0.4 is 0 Å². The van der Waals surface area contributed by atoms with Crippen molar-refractivity contribution in [3.8, 4) is 0 Å². The van der Waals surface area contributed by atoms with Crippen molar-refractivity contribution >= 4 is 17.9 Å². The van der Waals surface area contributed by atoms with Gasteiger partial charge in [-0.15, -0.1) is 0 Å². The molecule has 0 heterocycles. The van der Waals surface area contributed by atoms with E-state index in [1.54, 1.807) is 0 Å². The number of rotatable bonds is 47. The summed E-state index contributed by atoms with van der Waals surface area (Å²) in [5, 5.41) is 0. The third kappa shape index (κ3) is 47.3. The maximum atomic E-state index is 12.8. The minimum atomic E-state index is -0.761. The first-order valence-corrected chi connectivity index (χ1v) is 26.2. The fourth-order valence-corrected chi connectivity index (χ4v) is 7.99. The van der Waals surface area contributed by atoms with Gasteiger partial charge in [-0.1, -0.05) is 253 Å². The van der Waals surface area contributed by atoms with Gasteiger partial charge < -0.3 is 14.2 Å². The molecule has 0 amide bonds. The zero-order valence-electron chi connectivity index (χ0n) is 40.4. The fraction of sp³-hybridized carbons (Fsp3) is 0.943. The summed E-state index contributed by atoms with van der Waals surface area (Å²) in [5.74, 6) is 0.818. The van der Waals surface area contributed by atoms with Gasteiger partial charge in [0.05, 0.1) is 0 Å². The summed E-state index contributed by atoms with van der Waals surface area (Å²) in [6.45, 7) is 11.4. The third-order valence-electron chi connectivity index (χ3n) is 12.0. The lowest BCUT2D eigenvalue weighted by molar-refractivity contribution is -0.167. The monoisotopic (exact) mass is 835 g/mol. The number of carbonyl (C=O) groups excluding carboxylic acids is 3. The summed E-state index contributed by atoms with van der Waals surface area (Å²) in [5.41, 5.74) is 0. The number of hydrogen-bond donors (Lipinski definition) is 0. The maximum Gasteiger partial charge on any atom is 0.306 e. The van der Waals surface area contributed by atoms with Crippen molar-refractivity contribution in [2.75, 3.05) is 13.2 Å². The van der Waals surface area contributed by atoms with Crippen LogP contribution in [0.15, 0.2) is 0 Å². The highest BCUT2D eigenvalue weighted by atomic mass is 16.6. The lowest BCUT2D eigenvalue weighted by Crippen LogP contribution is -2.30. The molecule has 0 aliphatic rings. The number of unbranched alkanes of at least 4 members (excludes halogenated alkanes) is 32. The van der Waals surface area contributed by atoms with Gasteiger partial charge in [-0.05, 0) is 31.1 Å². The second-order valence-electron chi connectivity index (χ2n) is 19.1. The predicted octanol–water partition coefficient (Wildman–Crippen LogP) is 16.9. The fourth-order valence-electron chi connectivity index (χ4n) is 7.99. The average molecular weight is 835 g/mol. The Bertz CT molecular complexity index is 900. The summed E-state index contributed by atoms with van der Waals surface area (Å²) in [7, 11) is 0. The molecule has 350 valence electrons. The highest BCUT2D eigenvalue weighted by Gasteiger charge is 2.19. The zero-order valence-corrected chi connectivity index (χ0v) is 40.4. The van der Waals surface area contributed by atoms with Gasteiger partial charge in [-0.3, -0.25) is 14.4 Å². The summed E-state index contributed by atoms with van der Waals surface area (Å²) in [6, 6.07) is 0. The summed E-state index contributed by atoms with van der Waals surface area (Å²) < 4.78 is 16.8. The van der Waals surface area contributed by atoms with Crippen LogP contribution in [0.25, 0.3) is 0 Å². The smallest absolute Gasteiger partial charge is 0.306 e. The number of carbonyl (C=O) groups is 3. The van der Waals surface area contributed by atoms with Crippen molar-refractivity contribution in [1.82, 2.24) is 0 Å². The van der Waals surface area contributed by atoms with E-state index < -0.39 is 6.10 Å². The van der Waals surface area contributed by atoms with Gasteiger partial charge in [-0.25, -0.2) is 0 Å². The Balaban J connectivity index is 4.30. The highest BCUT2D eigenvalue weighted by Crippen LogP contribution is 2.17. The van der Waals surface area contributed by atoms with E-state index in [1.807, 2.05) is 0 Å². The van der Waals surface area contributed by atoms with Gasteiger partial charge in [0, 0.05) is 19.3 Å². The molecule has 0 spiro atoms. The molecule has 0 aromatic rings. The second kappa shape index (κ2) is 45.9. The maximum absolute atomic E-state index is 12.8. The zero-order chi connectivity index (χ0) is 43.3. The molecule has 59 heavy (non-hydrogen) atoms. The van der Waals surface area contributed by atoms with E-state index in [0.29, 0.717) is 19.3 Å². The lowest BCUT2D eigenvalue weighted by atomic mass is 10.0. The first-order chi connectivity index (χ1) is 28.7. The first kappa shape index (κ1) is 57.4. The van der Waals surface area contributed by atoms with Crippen LogP contribution in [0.4, 0.5) is 0 Å². The van der Waals surface area contributed by atoms with E-state index in [0.717, 1.165) is 69.6 Å². The number of esters is 3. The largest absolute Gasteiger partial charge is 0.462 e. The van der Waals surface area contributed by atoms with E-state index >= 15 is 0 Å². The van der Waals surface area contributed by atoms with Crippen LogP contribution >= 0.6 is 0 Å². The molecule has 6 heteroatoms.